The van der Waals surface area contributed by atoms with Gasteiger partial charge in [0.05, 0.1) is 13.2 Å². The van der Waals surface area contributed by atoms with Gasteiger partial charge in [-0.3, -0.25) is 0 Å². The second-order valence-corrected chi connectivity index (χ2v) is 5.23. The van der Waals surface area contributed by atoms with Gasteiger partial charge in [-0.2, -0.15) is 0 Å². The highest BCUT2D eigenvalue weighted by Crippen LogP contribution is 2.29. The summed E-state index contributed by atoms with van der Waals surface area (Å²) in [4.78, 5) is 0. The fourth-order valence-corrected chi connectivity index (χ4v) is 1.80. The highest BCUT2D eigenvalue weighted by atomic mass is 16.5. The van der Waals surface area contributed by atoms with E-state index in [0.29, 0.717) is 12.6 Å². The molecule has 0 bridgehead atoms. The van der Waals surface area contributed by atoms with Crippen LogP contribution in [-0.2, 0) is 11.3 Å². The molecule has 1 unspecified atom stereocenters. The second kappa shape index (κ2) is 8.82. The van der Waals surface area contributed by atoms with Crippen LogP contribution in [0.5, 0.6) is 11.5 Å². The zero-order chi connectivity index (χ0) is 15.0. The molecule has 0 spiro atoms. The van der Waals surface area contributed by atoms with Crippen molar-refractivity contribution in [1.29, 1.82) is 0 Å². The summed E-state index contributed by atoms with van der Waals surface area (Å²) in [7, 11) is 3.37. The molecule has 0 saturated heterocycles. The lowest BCUT2D eigenvalue weighted by Gasteiger charge is -2.17. The van der Waals surface area contributed by atoms with E-state index < -0.39 is 0 Å². The van der Waals surface area contributed by atoms with E-state index >= 15 is 0 Å². The first-order valence-electron chi connectivity index (χ1n) is 7.12. The van der Waals surface area contributed by atoms with Gasteiger partial charge in [0.25, 0.3) is 0 Å². The lowest BCUT2D eigenvalue weighted by molar-refractivity contribution is 0.132. The van der Waals surface area contributed by atoms with E-state index in [1.807, 2.05) is 19.1 Å². The van der Waals surface area contributed by atoms with Crippen molar-refractivity contribution < 1.29 is 14.2 Å². The predicted molar refractivity (Wildman–Crippen MR) is 81.6 cm³/mol. The Balaban J connectivity index is 2.67. The van der Waals surface area contributed by atoms with E-state index in [9.17, 15) is 0 Å². The van der Waals surface area contributed by atoms with Gasteiger partial charge in [-0.25, -0.2) is 0 Å². The van der Waals surface area contributed by atoms with E-state index in [2.05, 4.69) is 25.2 Å². The maximum absolute atomic E-state index is 5.89. The van der Waals surface area contributed by atoms with Gasteiger partial charge in [-0.1, -0.05) is 19.9 Å². The summed E-state index contributed by atoms with van der Waals surface area (Å²) >= 11 is 0. The minimum atomic E-state index is 0.100. The molecular weight excluding hydrogens is 254 g/mol. The molecular formula is C16H27NO3. The summed E-state index contributed by atoms with van der Waals surface area (Å²) < 4.78 is 16.4. The fraction of sp³-hybridized carbons (Fsp3) is 0.625. The van der Waals surface area contributed by atoms with Crippen molar-refractivity contribution in [2.45, 2.75) is 45.9 Å². The summed E-state index contributed by atoms with van der Waals surface area (Å²) in [6, 6.07) is 6.52. The van der Waals surface area contributed by atoms with Gasteiger partial charge >= 0.3 is 0 Å². The summed E-state index contributed by atoms with van der Waals surface area (Å²) in [6.45, 7) is 7.82. The number of hydrogen-bond acceptors (Lipinski definition) is 4. The molecule has 0 aliphatic carbocycles. The van der Waals surface area contributed by atoms with Gasteiger partial charge in [-0.15, -0.1) is 0 Å². The van der Waals surface area contributed by atoms with Gasteiger partial charge in [0.15, 0.2) is 11.5 Å². The monoisotopic (exact) mass is 281 g/mol. The molecule has 0 aliphatic rings. The standard InChI is InChI=1S/C16H27NO3/c1-12(2)17-11-14-6-7-15(16(10-14)19-5)20-13(3)8-9-18-4/h6-7,10,12-13,17H,8-9,11H2,1-5H3. The topological polar surface area (TPSA) is 39.7 Å². The molecule has 0 aromatic heterocycles. The Labute approximate surface area is 122 Å². The number of rotatable bonds is 9. The summed E-state index contributed by atoms with van der Waals surface area (Å²) in [6.07, 6.45) is 0.958. The maximum atomic E-state index is 5.89. The van der Waals surface area contributed by atoms with E-state index in [0.717, 1.165) is 24.5 Å². The van der Waals surface area contributed by atoms with Crippen LogP contribution < -0.4 is 14.8 Å². The normalized spacial score (nSPS) is 12.5. The third-order valence-corrected chi connectivity index (χ3v) is 3.00. The van der Waals surface area contributed by atoms with Crippen LogP contribution in [0.3, 0.4) is 0 Å². The highest BCUT2D eigenvalue weighted by Gasteiger charge is 2.10. The smallest absolute Gasteiger partial charge is 0.161 e. The van der Waals surface area contributed by atoms with Gasteiger partial charge in [0, 0.05) is 32.7 Å². The SMILES string of the molecule is COCCC(C)Oc1ccc(CNC(C)C)cc1OC. The molecule has 1 aromatic carbocycles. The molecule has 0 heterocycles. The van der Waals surface area contributed by atoms with Crippen molar-refractivity contribution in [3.05, 3.63) is 23.8 Å². The molecule has 114 valence electrons. The molecule has 1 atom stereocenters. The maximum Gasteiger partial charge on any atom is 0.161 e. The summed E-state index contributed by atoms with van der Waals surface area (Å²) in [5.41, 5.74) is 1.19. The molecule has 0 amide bonds. The highest BCUT2D eigenvalue weighted by molar-refractivity contribution is 5.43. The second-order valence-electron chi connectivity index (χ2n) is 5.23. The van der Waals surface area contributed by atoms with Crippen LogP contribution in [0.25, 0.3) is 0 Å². The van der Waals surface area contributed by atoms with E-state index in [1.165, 1.54) is 5.56 Å². The van der Waals surface area contributed by atoms with Crippen molar-refractivity contribution in [2.75, 3.05) is 20.8 Å². The summed E-state index contributed by atoms with van der Waals surface area (Å²) in [5, 5.41) is 3.39. The number of hydrogen-bond donors (Lipinski definition) is 1. The van der Waals surface area contributed by atoms with Crippen molar-refractivity contribution in [2.24, 2.45) is 0 Å². The van der Waals surface area contributed by atoms with E-state index in [1.54, 1.807) is 14.2 Å². The molecule has 1 rings (SSSR count). The predicted octanol–water partition coefficient (Wildman–Crippen LogP) is 3.00. The molecule has 0 saturated carbocycles. The first-order valence-corrected chi connectivity index (χ1v) is 7.12. The third kappa shape index (κ3) is 5.80. The van der Waals surface area contributed by atoms with E-state index in [4.69, 9.17) is 14.2 Å². The largest absolute Gasteiger partial charge is 0.493 e. The number of methoxy groups -OCH3 is 2. The van der Waals surface area contributed by atoms with Crippen LogP contribution in [0.1, 0.15) is 32.8 Å². The number of nitrogens with one attached hydrogen (secondary N) is 1. The lowest BCUT2D eigenvalue weighted by atomic mass is 10.2. The van der Waals surface area contributed by atoms with Crippen molar-refractivity contribution in [3.63, 3.8) is 0 Å². The van der Waals surface area contributed by atoms with Crippen LogP contribution >= 0.6 is 0 Å². The first kappa shape index (κ1) is 16.8. The number of benzene rings is 1. The quantitative estimate of drug-likeness (QED) is 0.755. The van der Waals surface area contributed by atoms with Crippen molar-refractivity contribution >= 4 is 0 Å². The average Bonchev–Trinajstić information content (AvgIpc) is 2.43. The Hall–Kier alpha value is -1.26. The van der Waals surface area contributed by atoms with Gasteiger partial charge < -0.3 is 19.5 Å². The zero-order valence-electron chi connectivity index (χ0n) is 13.2. The summed E-state index contributed by atoms with van der Waals surface area (Å²) in [5.74, 6) is 1.56. The van der Waals surface area contributed by atoms with Gasteiger partial charge in [0.1, 0.15) is 0 Å². The molecule has 4 heteroatoms. The van der Waals surface area contributed by atoms with Crippen molar-refractivity contribution in [3.8, 4) is 11.5 Å². The van der Waals surface area contributed by atoms with Crippen LogP contribution in [0, 0.1) is 0 Å². The Morgan fingerprint density at radius 1 is 1.10 bits per heavy atom. The van der Waals surface area contributed by atoms with Crippen molar-refractivity contribution in [1.82, 2.24) is 5.32 Å². The first-order chi connectivity index (χ1) is 9.56. The molecule has 0 aliphatic heterocycles. The van der Waals surface area contributed by atoms with Gasteiger partial charge in [0.2, 0.25) is 0 Å². The van der Waals surface area contributed by atoms with Crippen LogP contribution in [0.15, 0.2) is 18.2 Å². The Morgan fingerprint density at radius 2 is 1.85 bits per heavy atom. The third-order valence-electron chi connectivity index (χ3n) is 3.00. The lowest BCUT2D eigenvalue weighted by Crippen LogP contribution is -2.21. The fourth-order valence-electron chi connectivity index (χ4n) is 1.80. The molecule has 20 heavy (non-hydrogen) atoms. The molecule has 0 fully saturated rings. The van der Waals surface area contributed by atoms with Crippen LogP contribution in [-0.4, -0.2) is 33.0 Å². The molecule has 0 radical (unpaired) electrons. The number of ether oxygens (including phenoxy) is 3. The Kier molecular flexibility index (Phi) is 7.41. The average molecular weight is 281 g/mol. The molecule has 1 aromatic rings. The molecule has 1 N–H and O–H groups in total. The zero-order valence-corrected chi connectivity index (χ0v) is 13.2. The minimum Gasteiger partial charge on any atom is -0.493 e. The van der Waals surface area contributed by atoms with Crippen LogP contribution in [0.2, 0.25) is 0 Å². The minimum absolute atomic E-state index is 0.100. The van der Waals surface area contributed by atoms with E-state index in [-0.39, 0.29) is 6.10 Å². The Morgan fingerprint density at radius 3 is 2.45 bits per heavy atom. The van der Waals surface area contributed by atoms with Crippen LogP contribution in [0.4, 0.5) is 0 Å². The molecule has 4 nitrogen and oxygen atoms in total. The Bertz CT molecular complexity index is 393. The van der Waals surface area contributed by atoms with Gasteiger partial charge in [-0.05, 0) is 24.6 Å².